The first-order chi connectivity index (χ1) is 18.2. The molecule has 0 spiro atoms. The number of nitrogens with two attached hydrogens (primary N) is 2. The standard InChI is InChI=1S/C25H44N6O7S/c1-6-14(4)20(25(37)38)30-23(35)17-8-7-10-31(17)24(36)19(13(2)3)29-22(34)16(12-18(27)32)28-21(33)15(26)9-11-39-5/h13-17,19-20H,6-12,26H2,1-5H3,(H2,27,32)(H,28,33)(H,29,34)(H,30,35)(H,37,38)/t14-,15-,16-,17-,19-,20-/m0/s1. The van der Waals surface area contributed by atoms with Gasteiger partial charge in [0, 0.05) is 6.54 Å². The number of thioether (sulfide) groups is 1. The molecule has 0 bridgehead atoms. The summed E-state index contributed by atoms with van der Waals surface area (Å²) >= 11 is 1.51. The zero-order valence-corrected chi connectivity index (χ0v) is 24.2. The van der Waals surface area contributed by atoms with Crippen molar-refractivity contribution in [1.82, 2.24) is 20.9 Å². The van der Waals surface area contributed by atoms with Crippen molar-refractivity contribution in [1.29, 1.82) is 0 Å². The van der Waals surface area contributed by atoms with Crippen molar-refractivity contribution in [3.8, 4) is 0 Å². The van der Waals surface area contributed by atoms with Crippen LogP contribution in [-0.2, 0) is 28.8 Å². The highest BCUT2D eigenvalue weighted by atomic mass is 32.2. The maximum Gasteiger partial charge on any atom is 0.326 e. The second-order valence-corrected chi connectivity index (χ2v) is 11.2. The first kappa shape index (κ1) is 34.2. The van der Waals surface area contributed by atoms with Crippen LogP contribution in [-0.4, -0.2) is 94.3 Å². The van der Waals surface area contributed by atoms with Crippen LogP contribution < -0.4 is 27.4 Å². The monoisotopic (exact) mass is 572 g/mol. The Morgan fingerprint density at radius 2 is 1.67 bits per heavy atom. The Bertz CT molecular complexity index is 902. The van der Waals surface area contributed by atoms with E-state index in [9.17, 15) is 33.9 Å². The van der Waals surface area contributed by atoms with Crippen molar-refractivity contribution in [2.45, 2.75) is 90.0 Å². The molecule has 0 aromatic rings. The van der Waals surface area contributed by atoms with E-state index in [1.807, 2.05) is 13.2 Å². The first-order valence-corrected chi connectivity index (χ1v) is 14.6. The molecule has 0 aromatic carbocycles. The second-order valence-electron chi connectivity index (χ2n) is 10.2. The average molecular weight is 573 g/mol. The van der Waals surface area contributed by atoms with E-state index in [0.717, 1.165) is 0 Å². The molecular weight excluding hydrogens is 528 g/mol. The minimum absolute atomic E-state index is 0.253. The highest BCUT2D eigenvalue weighted by Gasteiger charge is 2.41. The van der Waals surface area contributed by atoms with Crippen LogP contribution in [0.1, 0.15) is 59.8 Å². The van der Waals surface area contributed by atoms with Gasteiger partial charge in [0.25, 0.3) is 0 Å². The summed E-state index contributed by atoms with van der Waals surface area (Å²) in [6.45, 7) is 7.20. The molecule has 5 amide bonds. The fourth-order valence-electron chi connectivity index (χ4n) is 4.25. The first-order valence-electron chi connectivity index (χ1n) is 13.2. The van der Waals surface area contributed by atoms with E-state index in [2.05, 4.69) is 16.0 Å². The third-order valence-corrected chi connectivity index (χ3v) is 7.50. The molecule has 1 rings (SSSR count). The Balaban J connectivity index is 3.05. The fourth-order valence-corrected chi connectivity index (χ4v) is 4.74. The molecule has 1 saturated heterocycles. The Labute approximate surface area is 233 Å². The minimum atomic E-state index is -1.34. The van der Waals surface area contributed by atoms with Crippen LogP contribution in [0.15, 0.2) is 0 Å². The van der Waals surface area contributed by atoms with E-state index in [4.69, 9.17) is 11.5 Å². The summed E-state index contributed by atoms with van der Waals surface area (Å²) in [5.41, 5.74) is 11.2. The van der Waals surface area contributed by atoms with Crippen LogP contribution in [0.3, 0.4) is 0 Å². The second kappa shape index (κ2) is 16.3. The molecule has 0 aliphatic carbocycles. The number of aliphatic carboxylic acids is 1. The number of carboxylic acids is 1. The molecule has 8 N–H and O–H groups in total. The molecule has 222 valence electrons. The lowest BCUT2D eigenvalue weighted by Crippen LogP contribution is -2.60. The van der Waals surface area contributed by atoms with Crippen molar-refractivity contribution < 1.29 is 33.9 Å². The van der Waals surface area contributed by atoms with E-state index in [0.29, 0.717) is 31.4 Å². The summed E-state index contributed by atoms with van der Waals surface area (Å²) in [5.74, 6) is -4.58. The molecule has 0 saturated carbocycles. The largest absolute Gasteiger partial charge is 0.480 e. The summed E-state index contributed by atoms with van der Waals surface area (Å²) in [6, 6.07) is -5.29. The van der Waals surface area contributed by atoms with Crippen molar-refractivity contribution in [2.75, 3.05) is 18.6 Å². The summed E-state index contributed by atoms with van der Waals surface area (Å²) in [7, 11) is 0. The van der Waals surface area contributed by atoms with Gasteiger partial charge in [-0.25, -0.2) is 4.79 Å². The number of hydrogen-bond acceptors (Lipinski definition) is 8. The van der Waals surface area contributed by atoms with Gasteiger partial charge in [0.1, 0.15) is 24.2 Å². The molecule has 0 radical (unpaired) electrons. The number of primary amides is 1. The van der Waals surface area contributed by atoms with Crippen LogP contribution in [0, 0.1) is 11.8 Å². The lowest BCUT2D eigenvalue weighted by molar-refractivity contribution is -0.146. The summed E-state index contributed by atoms with van der Waals surface area (Å²) in [4.78, 5) is 76.9. The molecule has 1 aliphatic rings. The summed E-state index contributed by atoms with van der Waals surface area (Å²) < 4.78 is 0. The molecule has 1 aliphatic heterocycles. The van der Waals surface area contributed by atoms with Crippen molar-refractivity contribution in [3.05, 3.63) is 0 Å². The summed E-state index contributed by atoms with van der Waals surface area (Å²) in [5, 5.41) is 17.2. The van der Waals surface area contributed by atoms with Gasteiger partial charge in [0.15, 0.2) is 0 Å². The molecule has 1 fully saturated rings. The number of carbonyl (C=O) groups excluding carboxylic acids is 5. The lowest BCUT2D eigenvalue weighted by Gasteiger charge is -2.32. The fraction of sp³-hybridized carbons (Fsp3) is 0.760. The van der Waals surface area contributed by atoms with E-state index in [1.165, 1.54) is 16.7 Å². The van der Waals surface area contributed by atoms with E-state index in [1.54, 1.807) is 20.8 Å². The quantitative estimate of drug-likeness (QED) is 0.136. The van der Waals surface area contributed by atoms with Crippen molar-refractivity contribution in [2.24, 2.45) is 23.3 Å². The number of carbonyl (C=O) groups is 6. The third kappa shape index (κ3) is 10.3. The van der Waals surface area contributed by atoms with Crippen molar-refractivity contribution >= 4 is 47.3 Å². The van der Waals surface area contributed by atoms with Crippen molar-refractivity contribution in [3.63, 3.8) is 0 Å². The van der Waals surface area contributed by atoms with Gasteiger partial charge in [-0.05, 0) is 43.1 Å². The molecule has 0 unspecified atom stereocenters. The number of nitrogens with one attached hydrogen (secondary N) is 3. The van der Waals surface area contributed by atoms with Gasteiger partial charge >= 0.3 is 5.97 Å². The Morgan fingerprint density at radius 3 is 2.18 bits per heavy atom. The topological polar surface area (TPSA) is 214 Å². The van der Waals surface area contributed by atoms with Crippen LogP contribution in [0.2, 0.25) is 0 Å². The Kier molecular flexibility index (Phi) is 14.3. The van der Waals surface area contributed by atoms with Gasteiger partial charge in [-0.15, -0.1) is 0 Å². The van der Waals surface area contributed by atoms with Gasteiger partial charge in [-0.1, -0.05) is 34.1 Å². The van der Waals surface area contributed by atoms with Crippen LogP contribution in [0.4, 0.5) is 0 Å². The third-order valence-electron chi connectivity index (χ3n) is 6.85. The molecule has 6 atom stereocenters. The van der Waals surface area contributed by atoms with Gasteiger partial charge in [0.2, 0.25) is 29.5 Å². The zero-order chi connectivity index (χ0) is 29.9. The highest BCUT2D eigenvalue weighted by molar-refractivity contribution is 7.98. The Morgan fingerprint density at radius 1 is 1.03 bits per heavy atom. The number of nitrogens with zero attached hydrogens (tertiary/aromatic N) is 1. The predicted molar refractivity (Wildman–Crippen MR) is 147 cm³/mol. The number of carboxylic acid groups (broad SMARTS) is 1. The smallest absolute Gasteiger partial charge is 0.326 e. The molecule has 13 nitrogen and oxygen atoms in total. The number of amides is 5. The Hall–Kier alpha value is -2.87. The highest BCUT2D eigenvalue weighted by Crippen LogP contribution is 2.21. The molecule has 14 heteroatoms. The minimum Gasteiger partial charge on any atom is -0.480 e. The van der Waals surface area contributed by atoms with Gasteiger partial charge in [-0.3, -0.25) is 24.0 Å². The maximum atomic E-state index is 13.6. The average Bonchev–Trinajstić information content (AvgIpc) is 3.36. The molecule has 39 heavy (non-hydrogen) atoms. The predicted octanol–water partition coefficient (Wildman–Crippen LogP) is -0.826. The van der Waals surface area contributed by atoms with Crippen LogP contribution in [0.25, 0.3) is 0 Å². The van der Waals surface area contributed by atoms with E-state index in [-0.39, 0.29) is 12.5 Å². The maximum absolute atomic E-state index is 13.6. The molecule has 0 aromatic heterocycles. The number of likely N-dealkylation sites (tertiary alicyclic amines) is 1. The van der Waals surface area contributed by atoms with Crippen LogP contribution in [0.5, 0.6) is 0 Å². The normalized spacial score (nSPS) is 18.9. The van der Waals surface area contributed by atoms with Crippen LogP contribution >= 0.6 is 11.8 Å². The van der Waals surface area contributed by atoms with Gasteiger partial charge in [0.05, 0.1) is 12.5 Å². The lowest BCUT2D eigenvalue weighted by atomic mass is 9.98. The number of hydrogen-bond donors (Lipinski definition) is 6. The number of rotatable bonds is 16. The SMILES string of the molecule is CC[C@H](C)[C@H](NC(=O)[C@@H]1CCCN1C(=O)[C@@H](NC(=O)[C@H](CC(N)=O)NC(=O)[C@@H](N)CCSC)C(C)C)C(=O)O. The van der Waals surface area contributed by atoms with Gasteiger partial charge < -0.3 is 37.4 Å². The van der Waals surface area contributed by atoms with Gasteiger partial charge in [-0.2, -0.15) is 11.8 Å². The van der Waals surface area contributed by atoms with E-state index >= 15 is 0 Å². The van der Waals surface area contributed by atoms with E-state index < -0.39 is 78.1 Å². The zero-order valence-electron chi connectivity index (χ0n) is 23.4. The summed E-state index contributed by atoms with van der Waals surface area (Å²) in [6.07, 6.45) is 3.14. The molecule has 1 heterocycles. The molecular formula is C25H44N6O7S.